The molecule has 0 aliphatic heterocycles. The number of fused-ring (bicyclic) bond motifs is 6. The molecule has 0 radical (unpaired) electrons. The Morgan fingerprint density at radius 2 is 1.86 bits per heavy atom. The zero-order chi connectivity index (χ0) is 30.6. The first-order chi connectivity index (χ1) is 19.7. The Morgan fingerprint density at radius 1 is 1.12 bits per heavy atom. The number of benzene rings is 3. The Hall–Kier alpha value is -2.94. The van der Waals surface area contributed by atoms with Gasteiger partial charge in [-0.25, -0.2) is 9.37 Å². The number of nitrogens with zero attached hydrogens (tertiary/aromatic N) is 4. The zero-order valence-electron chi connectivity index (χ0n) is 23.8. The summed E-state index contributed by atoms with van der Waals surface area (Å²) >= 11 is 11.1. The van der Waals surface area contributed by atoms with Crippen LogP contribution >= 0.6 is 24.4 Å². The first kappa shape index (κ1) is 30.5. The van der Waals surface area contributed by atoms with Crippen LogP contribution in [-0.2, 0) is 21.7 Å². The first-order valence-electron chi connectivity index (χ1n) is 13.1. The van der Waals surface area contributed by atoms with Gasteiger partial charge in [0.2, 0.25) is 0 Å². The van der Waals surface area contributed by atoms with Crippen LogP contribution in [0.1, 0.15) is 0 Å². The Kier molecular flexibility index (Phi) is 8.20. The lowest BCUT2D eigenvalue weighted by Crippen LogP contribution is -2.28. The quantitative estimate of drug-likeness (QED) is 0.0861. The lowest BCUT2D eigenvalue weighted by atomic mass is 10.0. The highest BCUT2D eigenvalue weighted by atomic mass is 35.5. The molecule has 3 aromatic carbocycles. The van der Waals surface area contributed by atoms with Gasteiger partial charge in [-0.3, -0.25) is 18.1 Å². The van der Waals surface area contributed by atoms with Gasteiger partial charge in [-0.15, -0.1) is 0 Å². The van der Waals surface area contributed by atoms with Gasteiger partial charge in [0.25, 0.3) is 5.56 Å². The predicted molar refractivity (Wildman–Crippen MR) is 174 cm³/mol. The summed E-state index contributed by atoms with van der Waals surface area (Å²) in [6.45, 7) is 7.35. The second-order valence-corrected chi connectivity index (χ2v) is 19.7. The highest BCUT2D eigenvalue weighted by molar-refractivity contribution is 7.90. The number of halogens is 2. The van der Waals surface area contributed by atoms with E-state index < -0.39 is 24.1 Å². The Morgan fingerprint density at radius 3 is 2.52 bits per heavy atom. The second-order valence-electron chi connectivity index (χ2n) is 11.4. The number of ether oxygens (including phenoxy) is 1. The zero-order valence-corrected chi connectivity index (χ0v) is 27.2. The van der Waals surface area contributed by atoms with E-state index in [4.69, 9.17) is 21.3 Å². The molecule has 2 heterocycles. The van der Waals surface area contributed by atoms with Crippen molar-refractivity contribution in [3.05, 3.63) is 69.9 Å². The fourth-order valence-electron chi connectivity index (χ4n) is 4.65. The molecule has 0 unspecified atom stereocenters. The van der Waals surface area contributed by atoms with E-state index in [1.807, 2.05) is 0 Å². The van der Waals surface area contributed by atoms with Crippen molar-refractivity contribution < 1.29 is 17.5 Å². The van der Waals surface area contributed by atoms with Crippen LogP contribution < -0.4 is 10.3 Å². The van der Waals surface area contributed by atoms with Crippen LogP contribution in [0.25, 0.3) is 44.0 Å². The van der Waals surface area contributed by atoms with E-state index in [1.165, 1.54) is 34.8 Å². The molecule has 0 fully saturated rings. The average molecular weight is 648 g/mol. The maximum Gasteiger partial charge on any atom is 0.301 e. The Labute approximate surface area is 254 Å². The van der Waals surface area contributed by atoms with E-state index in [1.54, 1.807) is 36.5 Å². The van der Waals surface area contributed by atoms with Crippen molar-refractivity contribution in [1.29, 1.82) is 0 Å². The second kappa shape index (κ2) is 11.3. The average Bonchev–Trinajstić information content (AvgIpc) is 3.23. The van der Waals surface area contributed by atoms with Crippen molar-refractivity contribution in [1.82, 2.24) is 17.8 Å². The third-order valence-corrected chi connectivity index (χ3v) is 10.8. The van der Waals surface area contributed by atoms with E-state index in [2.05, 4.69) is 37.2 Å². The van der Waals surface area contributed by atoms with E-state index >= 15 is 0 Å². The molecule has 0 aliphatic rings. The number of anilines is 1. The van der Waals surface area contributed by atoms with Gasteiger partial charge < -0.3 is 4.74 Å². The van der Waals surface area contributed by atoms with Crippen LogP contribution in [-0.4, -0.2) is 55.0 Å². The molecule has 0 saturated heterocycles. The molecule has 0 bridgehead atoms. The van der Waals surface area contributed by atoms with Gasteiger partial charge in [0, 0.05) is 45.7 Å². The molecule has 42 heavy (non-hydrogen) atoms. The van der Waals surface area contributed by atoms with Crippen molar-refractivity contribution in [2.45, 2.75) is 32.4 Å². The minimum atomic E-state index is -3.81. The fraction of sp³-hybridized carbons (Fsp3) is 0.286. The third-order valence-electron chi connectivity index (χ3n) is 6.96. The van der Waals surface area contributed by atoms with Gasteiger partial charge in [-0.2, -0.15) is 12.7 Å². The molecule has 5 rings (SSSR count). The minimum Gasteiger partial charge on any atom is -0.361 e. The Bertz CT molecular complexity index is 2000. The standard InChI is InChI=1S/C28H31ClFN5O4S2Si/c1-33(2)41(37,38)32-17-9-10-18-20(15-17)23-19(11-12-34(28(23)36)16-39-13-14-42(3,4)5)26-25(18)31-27(35(26)40)24-21(29)7-6-8-22(24)30/h6-12,15,32,40H,13-14,16H2,1-5H3. The smallest absolute Gasteiger partial charge is 0.301 e. The maximum absolute atomic E-state index is 15.0. The van der Waals surface area contributed by atoms with Crippen LogP contribution in [0.2, 0.25) is 30.7 Å². The van der Waals surface area contributed by atoms with Crippen LogP contribution in [0.15, 0.2) is 53.5 Å². The summed E-state index contributed by atoms with van der Waals surface area (Å²) in [5.41, 5.74) is 0.944. The highest BCUT2D eigenvalue weighted by Gasteiger charge is 2.24. The van der Waals surface area contributed by atoms with E-state index in [0.29, 0.717) is 39.2 Å². The summed E-state index contributed by atoms with van der Waals surface area (Å²) in [6.07, 6.45) is 1.64. The van der Waals surface area contributed by atoms with Gasteiger partial charge in [0.15, 0.2) is 5.82 Å². The summed E-state index contributed by atoms with van der Waals surface area (Å²) in [5, 5.41) is 2.01. The molecular formula is C28H31ClFN5O4S2Si. The van der Waals surface area contributed by atoms with Crippen LogP contribution in [0.5, 0.6) is 0 Å². The minimum absolute atomic E-state index is 0.0575. The summed E-state index contributed by atoms with van der Waals surface area (Å²) < 4.78 is 52.5. The summed E-state index contributed by atoms with van der Waals surface area (Å²) in [5.74, 6) is -0.401. The SMILES string of the molecule is CN(C)S(=O)(=O)Nc1ccc2c(c1)c1c(=O)n(COCC[Si](C)(C)C)ccc1c1c2nc(-c2c(F)cccc2Cl)n1S. The van der Waals surface area contributed by atoms with Crippen molar-refractivity contribution in [3.63, 3.8) is 0 Å². The number of rotatable bonds is 9. The van der Waals surface area contributed by atoms with E-state index in [9.17, 15) is 17.6 Å². The van der Waals surface area contributed by atoms with Gasteiger partial charge in [-0.05, 0) is 41.8 Å². The maximum atomic E-state index is 15.0. The Balaban J connectivity index is 1.79. The number of imidazole rings is 1. The molecule has 1 N–H and O–H groups in total. The van der Waals surface area contributed by atoms with E-state index in [-0.39, 0.29) is 34.4 Å². The number of thiol groups is 1. The monoisotopic (exact) mass is 647 g/mol. The molecule has 0 saturated carbocycles. The predicted octanol–water partition coefficient (Wildman–Crippen LogP) is 6.19. The van der Waals surface area contributed by atoms with Gasteiger partial charge in [-0.1, -0.05) is 56.2 Å². The summed E-state index contributed by atoms with van der Waals surface area (Å²) in [6, 6.07) is 11.9. The molecule has 2 aromatic heterocycles. The fourth-order valence-corrected chi connectivity index (χ4v) is 6.61. The first-order valence-corrected chi connectivity index (χ1v) is 19.0. The van der Waals surface area contributed by atoms with Crippen LogP contribution in [0.3, 0.4) is 0 Å². The summed E-state index contributed by atoms with van der Waals surface area (Å²) in [4.78, 5) is 18.7. The lowest BCUT2D eigenvalue weighted by molar-refractivity contribution is 0.0851. The molecule has 9 nitrogen and oxygen atoms in total. The number of hydrogen-bond acceptors (Lipinski definition) is 6. The van der Waals surface area contributed by atoms with Gasteiger partial charge >= 0.3 is 10.2 Å². The number of pyridine rings is 1. The number of hydrogen-bond donors (Lipinski definition) is 2. The number of nitrogens with one attached hydrogen (secondary N) is 1. The van der Waals surface area contributed by atoms with E-state index in [0.717, 1.165) is 10.3 Å². The third kappa shape index (κ3) is 5.69. The molecule has 0 spiro atoms. The number of aromatic nitrogens is 3. The van der Waals surface area contributed by atoms with Crippen LogP contribution in [0.4, 0.5) is 10.1 Å². The molecular weight excluding hydrogens is 617 g/mol. The molecule has 0 atom stereocenters. The topological polar surface area (TPSA) is 98.5 Å². The molecule has 14 heteroatoms. The normalized spacial score (nSPS) is 12.7. The molecule has 5 aromatic rings. The lowest BCUT2D eigenvalue weighted by Gasteiger charge is -2.16. The van der Waals surface area contributed by atoms with Gasteiger partial charge in [0.05, 0.1) is 32.7 Å². The largest absolute Gasteiger partial charge is 0.361 e. The van der Waals surface area contributed by atoms with Crippen molar-refractivity contribution in [3.8, 4) is 11.4 Å². The highest BCUT2D eigenvalue weighted by Crippen LogP contribution is 2.40. The molecule has 0 amide bonds. The van der Waals surface area contributed by atoms with Crippen molar-refractivity contribution in [2.24, 2.45) is 0 Å². The molecule has 0 aliphatic carbocycles. The summed E-state index contributed by atoms with van der Waals surface area (Å²) in [7, 11) is -2.31. The van der Waals surface area contributed by atoms with Gasteiger partial charge in [0.1, 0.15) is 12.5 Å². The molecule has 222 valence electrons. The van der Waals surface area contributed by atoms with Crippen LogP contribution in [0, 0.1) is 5.82 Å². The van der Waals surface area contributed by atoms with Crippen molar-refractivity contribution in [2.75, 3.05) is 25.4 Å². The van der Waals surface area contributed by atoms with Crippen molar-refractivity contribution >= 4 is 81.0 Å².